The van der Waals surface area contributed by atoms with Gasteiger partial charge in [-0.2, -0.15) is 0 Å². The molecule has 394 valence electrons. The monoisotopic (exact) mass is 1040 g/mol. The molecule has 73 heavy (non-hydrogen) atoms. The number of nitrogens with two attached hydrogens (primary N) is 1. The summed E-state index contributed by atoms with van der Waals surface area (Å²) >= 11 is 2.89. The fourth-order valence-corrected chi connectivity index (χ4v) is 12.9. The first kappa shape index (κ1) is 55.2. The number of carboxylic acids is 1. The van der Waals surface area contributed by atoms with Gasteiger partial charge >= 0.3 is 11.9 Å². The molecule has 4 aliphatic heterocycles. The Morgan fingerprint density at radius 1 is 0.685 bits per heavy atom. The van der Waals surface area contributed by atoms with E-state index in [9.17, 15) is 33.9 Å². The molecule has 0 radical (unpaired) electrons. The number of hydrogen-bond donors (Lipinski definition) is 2. The molecule has 0 bridgehead atoms. The maximum absolute atomic E-state index is 13.7. The van der Waals surface area contributed by atoms with E-state index < -0.39 is 34.9 Å². The fraction of sp³-hybridized carbons (Fsp3) is 0.571. The van der Waals surface area contributed by atoms with E-state index in [0.29, 0.717) is 49.0 Å². The van der Waals surface area contributed by atoms with Crippen molar-refractivity contribution in [3.63, 3.8) is 0 Å². The number of methoxy groups -OCH3 is 1. The maximum atomic E-state index is 13.7. The van der Waals surface area contributed by atoms with E-state index in [1.165, 1.54) is 29.8 Å². The van der Waals surface area contributed by atoms with E-state index in [4.69, 9.17) is 19.9 Å². The highest BCUT2D eigenvalue weighted by Crippen LogP contribution is 2.58. The van der Waals surface area contributed by atoms with Gasteiger partial charge in [-0.25, -0.2) is 9.97 Å². The van der Waals surface area contributed by atoms with Crippen molar-refractivity contribution in [1.82, 2.24) is 19.8 Å². The molecule has 6 heterocycles. The van der Waals surface area contributed by atoms with E-state index in [1.54, 1.807) is 9.80 Å². The van der Waals surface area contributed by atoms with Gasteiger partial charge in [0, 0.05) is 31.6 Å². The number of esters is 1. The van der Waals surface area contributed by atoms with Crippen LogP contribution in [0.25, 0.3) is 20.4 Å². The zero-order valence-corrected chi connectivity index (χ0v) is 42.2. The van der Waals surface area contributed by atoms with Crippen molar-refractivity contribution >= 4 is 78.4 Å². The van der Waals surface area contributed by atoms with Crippen LogP contribution >= 0.6 is 22.7 Å². The lowest BCUT2D eigenvalue weighted by Gasteiger charge is -2.27. The first-order valence-corrected chi connectivity index (χ1v) is 27.0. The third kappa shape index (κ3) is 12.2. The lowest BCUT2D eigenvalue weighted by atomic mass is 9.91. The second-order valence-corrected chi connectivity index (χ2v) is 22.5. The quantitative estimate of drug-likeness (QED) is 0.136. The average molecular weight is 1040 g/mol. The summed E-state index contributed by atoms with van der Waals surface area (Å²) in [6.07, 6.45) is 18.3. The molecular weight excluding hydrogens is 967 g/mol. The van der Waals surface area contributed by atoms with Crippen LogP contribution in [0.3, 0.4) is 0 Å². The molecule has 17 heteroatoms. The van der Waals surface area contributed by atoms with Crippen molar-refractivity contribution in [2.45, 2.75) is 155 Å². The van der Waals surface area contributed by atoms with E-state index in [-0.39, 0.29) is 93.6 Å². The highest BCUT2D eigenvalue weighted by atomic mass is 32.1. The van der Waals surface area contributed by atoms with E-state index in [2.05, 4.69) is 28.2 Å². The molecule has 10 atom stereocenters. The number of Topliss-reactive ketones (excluding diaryl/α,β-unsaturated/α-hetero) is 2. The lowest BCUT2D eigenvalue weighted by molar-refractivity contribution is -0.150. The van der Waals surface area contributed by atoms with Gasteiger partial charge in [-0.15, -0.1) is 0 Å². The second-order valence-electron chi connectivity index (χ2n) is 20.5. The van der Waals surface area contributed by atoms with Gasteiger partial charge in [0.2, 0.25) is 11.8 Å². The number of aromatic nitrogens is 2. The zero-order valence-electron chi connectivity index (χ0n) is 40.6. The highest BCUT2D eigenvalue weighted by Gasteiger charge is 2.62. The minimum Gasteiger partial charge on any atom is -0.481 e. The molecule has 4 fully saturated rings. The predicted octanol–water partition coefficient (Wildman–Crippen LogP) is 9.75. The standard InChI is InChI=1S/C27H33N3O5S.C27H32N2O5S.2CH4/c1-34-25(33)27-14-17(27)9-5-3-2-4-6-10-19(28)24(32)30-16-18(13-21(30)22(31)15-27)35-26-29-20-11-7-8-12-23(20)36-26;1-17-9-5-3-2-4-6-10-18-14-27(18,25(32)33)15-22(30)21-13-19(16-29(21)24(17)31)34-26-28-20-11-7-8-12-23(20)35-26;;/h5,7-9,11-12,17-19,21H,2-4,6,10,13-16,28H2,1H3;6-8,10-12,17-19,21H,2-5,9,13-16H2,1H3,(H,32,33);2*1H4/b9-5-;10-6-;;/t17-,18-,19+,21+,27-;17-,18+,19+,21-,27+;;/m10../s1. The number of nitrogens with zero attached hydrogens (tertiary/aromatic N) is 4. The summed E-state index contributed by atoms with van der Waals surface area (Å²) in [6, 6.07) is 13.6. The molecule has 15 nitrogen and oxygen atoms in total. The topological polar surface area (TPSA) is 209 Å². The highest BCUT2D eigenvalue weighted by molar-refractivity contribution is 7.20. The molecular formula is C56H73N5O10S2. The number of fused-ring (bicyclic) bond motifs is 6. The molecule has 10 rings (SSSR count). The van der Waals surface area contributed by atoms with Crippen molar-refractivity contribution in [3.05, 3.63) is 72.8 Å². The smallest absolute Gasteiger partial charge is 0.312 e. The van der Waals surface area contributed by atoms with Crippen molar-refractivity contribution in [1.29, 1.82) is 0 Å². The zero-order chi connectivity index (χ0) is 49.9. The second kappa shape index (κ2) is 23.8. The number of rotatable bonds is 6. The molecule has 6 aliphatic rings. The molecule has 2 aliphatic carbocycles. The summed E-state index contributed by atoms with van der Waals surface area (Å²) in [5.74, 6) is -2.17. The van der Waals surface area contributed by atoms with Crippen LogP contribution < -0.4 is 15.2 Å². The number of allylic oxidation sites excluding steroid dienone is 4. The molecule has 2 amide bonds. The van der Waals surface area contributed by atoms with Crippen LogP contribution in [0.2, 0.25) is 0 Å². The Labute approximate surface area is 436 Å². The first-order valence-electron chi connectivity index (χ1n) is 25.4. The molecule has 2 saturated carbocycles. The van der Waals surface area contributed by atoms with Crippen molar-refractivity contribution < 1.29 is 48.1 Å². The van der Waals surface area contributed by atoms with Gasteiger partial charge < -0.3 is 34.9 Å². The Hall–Kier alpha value is -5.52. The Morgan fingerprint density at radius 3 is 1.68 bits per heavy atom. The van der Waals surface area contributed by atoms with Gasteiger partial charge in [0.15, 0.2) is 11.6 Å². The number of para-hydroxylation sites is 2. The molecule has 4 aromatic rings. The fourth-order valence-electron chi connectivity index (χ4n) is 11.2. The number of carboxylic acid groups (broad SMARTS) is 1. The van der Waals surface area contributed by atoms with Crippen LogP contribution in [0.5, 0.6) is 10.4 Å². The number of hydrogen-bond acceptors (Lipinski definition) is 14. The minimum absolute atomic E-state index is 0. The normalized spacial score (nSPS) is 31.7. The predicted molar refractivity (Wildman–Crippen MR) is 283 cm³/mol. The Balaban J connectivity index is 0.000000208. The third-order valence-electron chi connectivity index (χ3n) is 15.6. The summed E-state index contributed by atoms with van der Waals surface area (Å²) in [5, 5.41) is 11.0. The molecule has 3 N–H and O–H groups in total. The number of carbonyl (C=O) groups is 6. The van der Waals surface area contributed by atoms with Gasteiger partial charge in [-0.1, -0.05) is 119 Å². The van der Waals surface area contributed by atoms with Gasteiger partial charge in [0.05, 0.1) is 69.6 Å². The number of benzene rings is 2. The number of aliphatic carboxylic acids is 1. The van der Waals surface area contributed by atoms with Crippen molar-refractivity contribution in [2.75, 3.05) is 20.2 Å². The SMILES string of the molecule is C.C.COC(=O)[C@]12CC(=O)[C@@H]3C[C@@H](Oc4nc5ccccc5s4)CN3C(=O)[C@@H](N)CCCCC/C=C\[C@@H]1C2.C[C@H]1CCCCC/C=C\[C@@H]2C[C@@]2(C(=O)O)CC(=O)[C@@H]2C[C@@H](Oc3nc4ccccc4s3)CN2C1=O. The molecule has 2 aromatic carbocycles. The van der Waals surface area contributed by atoms with E-state index in [0.717, 1.165) is 78.2 Å². The average Bonchev–Trinajstić information content (AvgIpc) is 3.81. The maximum Gasteiger partial charge on any atom is 0.312 e. The van der Waals surface area contributed by atoms with Crippen LogP contribution in [0.15, 0.2) is 72.8 Å². The molecule has 0 unspecified atom stereocenters. The summed E-state index contributed by atoms with van der Waals surface area (Å²) in [5.41, 5.74) is 6.13. The minimum atomic E-state index is -1.04. The number of carbonyl (C=O) groups excluding carboxylic acids is 5. The first-order chi connectivity index (χ1) is 34.3. The number of thiazole rings is 2. The van der Waals surface area contributed by atoms with Gasteiger partial charge in [-0.3, -0.25) is 28.8 Å². The Morgan fingerprint density at radius 2 is 1.16 bits per heavy atom. The van der Waals surface area contributed by atoms with Gasteiger partial charge in [0.1, 0.15) is 12.2 Å². The van der Waals surface area contributed by atoms with E-state index in [1.807, 2.05) is 61.5 Å². The summed E-state index contributed by atoms with van der Waals surface area (Å²) in [6.45, 7) is 2.52. The summed E-state index contributed by atoms with van der Waals surface area (Å²) in [4.78, 5) is 91.2. The molecule has 2 aromatic heterocycles. The number of amides is 2. The van der Waals surface area contributed by atoms with E-state index >= 15 is 0 Å². The van der Waals surface area contributed by atoms with Gasteiger partial charge in [-0.05, 0) is 87.5 Å². The number of ether oxygens (including phenoxy) is 3. The van der Waals surface area contributed by atoms with Crippen LogP contribution in [0.4, 0.5) is 0 Å². The Bertz CT molecular complexity index is 2640. The molecule has 2 saturated heterocycles. The van der Waals surface area contributed by atoms with Crippen LogP contribution in [-0.4, -0.2) is 111 Å². The Kier molecular flexibility index (Phi) is 18.0. The largest absolute Gasteiger partial charge is 0.481 e. The molecule has 0 spiro atoms. The number of ketones is 2. The van der Waals surface area contributed by atoms with Crippen LogP contribution in [0.1, 0.15) is 125 Å². The third-order valence-corrected chi connectivity index (χ3v) is 17.4. The van der Waals surface area contributed by atoms with Crippen molar-refractivity contribution in [2.24, 2.45) is 34.3 Å². The van der Waals surface area contributed by atoms with Gasteiger partial charge in [0.25, 0.3) is 10.4 Å². The summed E-state index contributed by atoms with van der Waals surface area (Å²) in [7, 11) is 1.36. The van der Waals surface area contributed by atoms with Crippen molar-refractivity contribution in [3.8, 4) is 10.4 Å². The van der Waals surface area contributed by atoms with Crippen LogP contribution in [0, 0.1) is 28.6 Å². The van der Waals surface area contributed by atoms with Crippen LogP contribution in [-0.2, 0) is 33.5 Å². The summed E-state index contributed by atoms with van der Waals surface area (Å²) < 4.78 is 19.5. The lowest BCUT2D eigenvalue weighted by Crippen LogP contribution is -2.49.